The third-order valence-corrected chi connectivity index (χ3v) is 10.2. The predicted molar refractivity (Wildman–Crippen MR) is 225 cm³/mol. The van der Waals surface area contributed by atoms with Crippen LogP contribution in [0.15, 0.2) is 205 Å². The van der Waals surface area contributed by atoms with Crippen molar-refractivity contribution < 1.29 is 4.42 Å². The lowest BCUT2D eigenvalue weighted by atomic mass is 9.86. The maximum Gasteiger partial charge on any atom is 0.228 e. The quantitative estimate of drug-likeness (QED) is 0.166. The second-order valence-electron chi connectivity index (χ2n) is 13.6. The van der Waals surface area contributed by atoms with Crippen LogP contribution in [0.5, 0.6) is 0 Å². The van der Waals surface area contributed by atoms with Gasteiger partial charge in [-0.2, -0.15) is 0 Å². The van der Waals surface area contributed by atoms with E-state index in [0.29, 0.717) is 5.89 Å². The lowest BCUT2D eigenvalue weighted by molar-refractivity contribution is 0.619. The molecule has 55 heavy (non-hydrogen) atoms. The molecule has 0 aliphatic heterocycles. The number of aromatic nitrogens is 3. The second kappa shape index (κ2) is 13.8. The Labute approximate surface area is 319 Å². The zero-order chi connectivity index (χ0) is 36.6. The molecule has 0 bridgehead atoms. The third kappa shape index (κ3) is 6.16. The Bertz CT molecular complexity index is 2900. The van der Waals surface area contributed by atoms with Gasteiger partial charge in [0.05, 0.1) is 17.0 Å². The average Bonchev–Trinajstić information content (AvgIpc) is 3.71. The van der Waals surface area contributed by atoms with Crippen molar-refractivity contribution in [1.29, 1.82) is 0 Å². The highest BCUT2D eigenvalue weighted by atomic mass is 16.3. The normalized spacial score (nSPS) is 11.3. The molecule has 3 aromatic heterocycles. The first kappa shape index (κ1) is 32.2. The summed E-state index contributed by atoms with van der Waals surface area (Å²) in [6.07, 6.45) is 3.52. The first-order chi connectivity index (χ1) is 27.2. The van der Waals surface area contributed by atoms with Crippen molar-refractivity contribution in [3.05, 3.63) is 200 Å². The summed E-state index contributed by atoms with van der Waals surface area (Å²) in [4.78, 5) is 14.2. The Balaban J connectivity index is 1.09. The number of hydrogen-bond donors (Lipinski definition) is 0. The van der Waals surface area contributed by atoms with E-state index < -0.39 is 0 Å². The molecule has 0 amide bonds. The second-order valence-corrected chi connectivity index (χ2v) is 13.6. The number of fused-ring (bicyclic) bond motifs is 2. The van der Waals surface area contributed by atoms with E-state index in [-0.39, 0.29) is 0 Å². The number of hydrogen-bond acceptors (Lipinski definition) is 4. The van der Waals surface area contributed by atoms with E-state index in [9.17, 15) is 0 Å². The number of benzene rings is 7. The first-order valence-electron chi connectivity index (χ1n) is 18.4. The van der Waals surface area contributed by atoms with Crippen LogP contribution in [0.1, 0.15) is 0 Å². The van der Waals surface area contributed by atoms with Crippen LogP contribution in [0.25, 0.3) is 100 Å². The van der Waals surface area contributed by atoms with E-state index in [2.05, 4.69) is 169 Å². The van der Waals surface area contributed by atoms with E-state index in [1.165, 1.54) is 16.3 Å². The van der Waals surface area contributed by atoms with Gasteiger partial charge in [-0.1, -0.05) is 152 Å². The molecular weight excluding hydrogens is 671 g/mol. The van der Waals surface area contributed by atoms with Crippen molar-refractivity contribution >= 4 is 21.9 Å². The van der Waals surface area contributed by atoms with Crippen LogP contribution in [0.4, 0.5) is 0 Å². The molecule has 0 atom stereocenters. The fourth-order valence-electron chi connectivity index (χ4n) is 7.52. The van der Waals surface area contributed by atoms with Crippen molar-refractivity contribution in [2.24, 2.45) is 0 Å². The first-order valence-corrected chi connectivity index (χ1v) is 18.4. The molecule has 0 fully saturated rings. The van der Waals surface area contributed by atoms with Gasteiger partial charge in [0.2, 0.25) is 5.89 Å². The zero-order valence-corrected chi connectivity index (χ0v) is 29.8. The number of rotatable bonds is 7. The van der Waals surface area contributed by atoms with Crippen LogP contribution >= 0.6 is 0 Å². The number of oxazole rings is 1. The van der Waals surface area contributed by atoms with Crippen LogP contribution < -0.4 is 0 Å². The van der Waals surface area contributed by atoms with Gasteiger partial charge < -0.3 is 4.42 Å². The third-order valence-electron chi connectivity index (χ3n) is 10.2. The topological polar surface area (TPSA) is 51.8 Å². The van der Waals surface area contributed by atoms with Gasteiger partial charge in [-0.15, -0.1) is 0 Å². The summed E-state index contributed by atoms with van der Waals surface area (Å²) in [6.45, 7) is 0. The molecule has 0 aliphatic rings. The highest BCUT2D eigenvalue weighted by Crippen LogP contribution is 2.43. The summed E-state index contributed by atoms with van der Waals surface area (Å²) in [6, 6.07) is 66.1. The van der Waals surface area contributed by atoms with Gasteiger partial charge in [-0.05, 0) is 91.7 Å². The standard InChI is InChI=1S/C51H33N3O/c1-3-12-34(13-4-1)41-30-47(37-15-5-2-6-16-37)53-48(31-41)44-20-10-9-19-43(44)45-27-25-36-14-7-8-18-42(36)50(45)38-23-21-35(22-24-38)39-26-28-46-49(32-39)55-51(54-46)40-17-11-29-52-33-40/h1-33H. The lowest BCUT2D eigenvalue weighted by Gasteiger charge is -2.18. The van der Waals surface area contributed by atoms with E-state index >= 15 is 0 Å². The van der Waals surface area contributed by atoms with Gasteiger partial charge >= 0.3 is 0 Å². The summed E-state index contributed by atoms with van der Waals surface area (Å²) >= 11 is 0. The lowest BCUT2D eigenvalue weighted by Crippen LogP contribution is -1.95. The van der Waals surface area contributed by atoms with Gasteiger partial charge in [0.25, 0.3) is 0 Å². The molecule has 10 rings (SSSR count). The molecule has 0 saturated carbocycles. The molecular formula is C51H33N3O. The molecule has 7 aromatic carbocycles. The van der Waals surface area contributed by atoms with Crippen molar-refractivity contribution in [3.8, 4) is 78.5 Å². The molecule has 4 heteroatoms. The summed E-state index contributed by atoms with van der Waals surface area (Å²) in [5.74, 6) is 0.567. The van der Waals surface area contributed by atoms with E-state index in [0.717, 1.165) is 78.1 Å². The van der Waals surface area contributed by atoms with Crippen LogP contribution in [-0.2, 0) is 0 Å². The molecule has 0 unspecified atom stereocenters. The van der Waals surface area contributed by atoms with Crippen LogP contribution in [0.2, 0.25) is 0 Å². The Morgan fingerprint density at radius 2 is 1.04 bits per heavy atom. The van der Waals surface area contributed by atoms with E-state index in [4.69, 9.17) is 14.4 Å². The SMILES string of the molecule is c1ccc(-c2cc(-c3ccccc3)nc(-c3ccccc3-c3ccc4ccccc4c3-c3ccc(-c4ccc5nc(-c6cccnc6)oc5c4)cc3)c2)cc1. The fourth-order valence-corrected chi connectivity index (χ4v) is 7.52. The van der Waals surface area contributed by atoms with Crippen LogP contribution in [-0.4, -0.2) is 15.0 Å². The highest BCUT2D eigenvalue weighted by molar-refractivity contribution is 6.06. The Hall–Kier alpha value is -7.43. The summed E-state index contributed by atoms with van der Waals surface area (Å²) < 4.78 is 6.18. The molecule has 3 heterocycles. The molecule has 258 valence electrons. The maximum atomic E-state index is 6.18. The van der Waals surface area contributed by atoms with Gasteiger partial charge in [0.15, 0.2) is 5.58 Å². The van der Waals surface area contributed by atoms with Crippen LogP contribution in [0.3, 0.4) is 0 Å². The summed E-state index contributed by atoms with van der Waals surface area (Å²) in [7, 11) is 0. The smallest absolute Gasteiger partial charge is 0.228 e. The summed E-state index contributed by atoms with van der Waals surface area (Å²) in [5.41, 5.74) is 15.5. The van der Waals surface area contributed by atoms with Gasteiger partial charge in [-0.25, -0.2) is 9.97 Å². The maximum absolute atomic E-state index is 6.18. The monoisotopic (exact) mass is 703 g/mol. The fraction of sp³-hybridized carbons (Fsp3) is 0. The van der Waals surface area contributed by atoms with Gasteiger partial charge in [0, 0.05) is 23.5 Å². The largest absolute Gasteiger partial charge is 0.436 e. The minimum Gasteiger partial charge on any atom is -0.436 e. The van der Waals surface area contributed by atoms with E-state index in [1.54, 1.807) is 12.4 Å². The molecule has 0 spiro atoms. The van der Waals surface area contributed by atoms with Crippen molar-refractivity contribution in [2.75, 3.05) is 0 Å². The Morgan fingerprint density at radius 1 is 0.382 bits per heavy atom. The molecule has 0 radical (unpaired) electrons. The molecule has 0 aliphatic carbocycles. The van der Waals surface area contributed by atoms with Crippen molar-refractivity contribution in [2.45, 2.75) is 0 Å². The number of pyridine rings is 2. The number of nitrogens with zero attached hydrogens (tertiary/aromatic N) is 3. The van der Waals surface area contributed by atoms with Crippen LogP contribution in [0, 0.1) is 0 Å². The minimum atomic E-state index is 0.567. The molecule has 10 aromatic rings. The highest BCUT2D eigenvalue weighted by Gasteiger charge is 2.18. The average molecular weight is 704 g/mol. The Morgan fingerprint density at radius 3 is 1.84 bits per heavy atom. The minimum absolute atomic E-state index is 0.567. The van der Waals surface area contributed by atoms with Crippen molar-refractivity contribution in [1.82, 2.24) is 15.0 Å². The molecule has 0 saturated heterocycles. The molecule has 4 nitrogen and oxygen atoms in total. The van der Waals surface area contributed by atoms with Gasteiger partial charge in [0.1, 0.15) is 5.52 Å². The van der Waals surface area contributed by atoms with Gasteiger partial charge in [-0.3, -0.25) is 4.98 Å². The van der Waals surface area contributed by atoms with E-state index in [1.807, 2.05) is 24.3 Å². The summed E-state index contributed by atoms with van der Waals surface area (Å²) in [5, 5.41) is 2.39. The Kier molecular flexibility index (Phi) is 8.12. The predicted octanol–water partition coefficient (Wildman–Crippen LogP) is 13.4. The zero-order valence-electron chi connectivity index (χ0n) is 29.8. The van der Waals surface area contributed by atoms with Crippen molar-refractivity contribution in [3.63, 3.8) is 0 Å². The molecule has 0 N–H and O–H groups in total.